The summed E-state index contributed by atoms with van der Waals surface area (Å²) in [5.74, 6) is -1.71. The van der Waals surface area contributed by atoms with Gasteiger partial charge in [0.1, 0.15) is 17.2 Å². The number of carbonyl (C=O) groups is 2. The summed E-state index contributed by atoms with van der Waals surface area (Å²) in [6, 6.07) is 2.89. The number of hydrogen-bond acceptors (Lipinski definition) is 4. The van der Waals surface area contributed by atoms with Gasteiger partial charge in [0, 0.05) is 43.6 Å². The van der Waals surface area contributed by atoms with Crippen molar-refractivity contribution in [2.45, 2.75) is 31.7 Å². The van der Waals surface area contributed by atoms with E-state index < -0.39 is 17.2 Å². The zero-order valence-corrected chi connectivity index (χ0v) is 13.5. The Balaban J connectivity index is 1.91. The first-order valence-electron chi connectivity index (χ1n) is 8.34. The number of aromatic nitrogens is 1. The Labute approximate surface area is 142 Å². The summed E-state index contributed by atoms with van der Waals surface area (Å²) in [6.45, 7) is 0.893. The Morgan fingerprint density at radius 3 is 2.44 bits per heavy atom. The third-order valence-electron chi connectivity index (χ3n) is 4.93. The Hall–Kier alpha value is -2.70. The van der Waals surface area contributed by atoms with Crippen molar-refractivity contribution in [1.82, 2.24) is 4.57 Å². The first-order valence-corrected chi connectivity index (χ1v) is 8.34. The van der Waals surface area contributed by atoms with E-state index in [4.69, 9.17) is 0 Å². The smallest absolute Gasteiger partial charge is 0.341 e. The number of rotatable bonds is 3. The molecule has 25 heavy (non-hydrogen) atoms. The molecule has 1 saturated carbocycles. The number of benzene rings is 1. The van der Waals surface area contributed by atoms with Crippen molar-refractivity contribution in [2.24, 2.45) is 0 Å². The van der Waals surface area contributed by atoms with Crippen molar-refractivity contribution < 1.29 is 19.1 Å². The zero-order chi connectivity index (χ0) is 17.7. The average Bonchev–Trinajstić information content (AvgIpc) is 3.41. The lowest BCUT2D eigenvalue weighted by Gasteiger charge is -2.29. The van der Waals surface area contributed by atoms with Crippen LogP contribution in [0.15, 0.2) is 23.1 Å². The van der Waals surface area contributed by atoms with Crippen molar-refractivity contribution in [2.75, 3.05) is 18.0 Å². The number of ketones is 1. The summed E-state index contributed by atoms with van der Waals surface area (Å²) in [5, 5.41) is 9.34. The van der Waals surface area contributed by atoms with Crippen LogP contribution in [0.3, 0.4) is 0 Å². The molecule has 2 heterocycles. The standard InChI is InChI=1S/C18H17FN2O4/c19-14-7-12-15(8-16(14)20-5-3-11(22)4-6-20)21(10-1-2-10)9-13(17(12)23)18(24)25/h7-10H,1-6H2,(H,24,25). The molecule has 2 aliphatic rings. The van der Waals surface area contributed by atoms with Crippen LogP contribution >= 0.6 is 0 Å². The van der Waals surface area contributed by atoms with Gasteiger partial charge in [-0.15, -0.1) is 0 Å². The van der Waals surface area contributed by atoms with E-state index in [0.29, 0.717) is 37.1 Å². The molecule has 1 aliphatic heterocycles. The molecule has 6 nitrogen and oxygen atoms in total. The predicted molar refractivity (Wildman–Crippen MR) is 89.9 cm³/mol. The van der Waals surface area contributed by atoms with Gasteiger partial charge in [-0.3, -0.25) is 9.59 Å². The molecule has 0 bridgehead atoms. The number of piperidine rings is 1. The van der Waals surface area contributed by atoms with Gasteiger partial charge in [0.2, 0.25) is 5.43 Å². The largest absolute Gasteiger partial charge is 0.477 e. The van der Waals surface area contributed by atoms with E-state index in [9.17, 15) is 23.9 Å². The lowest BCUT2D eigenvalue weighted by molar-refractivity contribution is -0.119. The minimum atomic E-state index is -1.31. The summed E-state index contributed by atoms with van der Waals surface area (Å²) in [6.07, 6.45) is 3.94. The van der Waals surface area contributed by atoms with Gasteiger partial charge in [-0.25, -0.2) is 9.18 Å². The van der Waals surface area contributed by atoms with Crippen LogP contribution in [0.25, 0.3) is 10.9 Å². The Bertz CT molecular complexity index is 952. The van der Waals surface area contributed by atoms with Gasteiger partial charge in [-0.1, -0.05) is 0 Å². The van der Waals surface area contributed by atoms with Crippen molar-refractivity contribution in [3.05, 3.63) is 39.9 Å². The fourth-order valence-corrected chi connectivity index (χ4v) is 3.41. The maximum Gasteiger partial charge on any atom is 0.341 e. The number of aromatic carboxylic acids is 1. The second kappa shape index (κ2) is 5.68. The van der Waals surface area contributed by atoms with Gasteiger partial charge in [0.05, 0.1) is 11.2 Å². The summed E-state index contributed by atoms with van der Waals surface area (Å²) in [5.41, 5.74) is -0.100. The number of nitrogens with zero attached hydrogens (tertiary/aromatic N) is 2. The molecule has 2 fully saturated rings. The number of Topliss-reactive ketones (excluding diaryl/α,β-unsaturated/α-hetero) is 1. The Morgan fingerprint density at radius 1 is 1.16 bits per heavy atom. The minimum Gasteiger partial charge on any atom is -0.477 e. The van der Waals surface area contributed by atoms with Crippen LogP contribution in [-0.4, -0.2) is 34.5 Å². The molecular weight excluding hydrogens is 327 g/mol. The summed E-state index contributed by atoms with van der Waals surface area (Å²) in [4.78, 5) is 37.0. The van der Waals surface area contributed by atoms with Crippen molar-refractivity contribution >= 4 is 28.3 Å². The van der Waals surface area contributed by atoms with Crippen molar-refractivity contribution in [3.63, 3.8) is 0 Å². The SMILES string of the molecule is O=C1CCN(c2cc3c(cc2F)c(=O)c(C(=O)O)cn3C2CC2)CC1. The van der Waals surface area contributed by atoms with Crippen LogP contribution in [0.5, 0.6) is 0 Å². The third-order valence-corrected chi connectivity index (χ3v) is 4.93. The molecule has 0 unspecified atom stereocenters. The molecule has 1 saturated heterocycles. The molecule has 1 N–H and O–H groups in total. The second-order valence-corrected chi connectivity index (χ2v) is 6.66. The number of anilines is 1. The fourth-order valence-electron chi connectivity index (χ4n) is 3.41. The highest BCUT2D eigenvalue weighted by molar-refractivity contribution is 5.93. The van der Waals surface area contributed by atoms with E-state index in [-0.39, 0.29) is 22.8 Å². The summed E-state index contributed by atoms with van der Waals surface area (Å²) >= 11 is 0. The molecule has 0 atom stereocenters. The van der Waals surface area contributed by atoms with Gasteiger partial charge >= 0.3 is 5.97 Å². The van der Waals surface area contributed by atoms with Gasteiger partial charge in [0.25, 0.3) is 0 Å². The molecule has 1 aromatic carbocycles. The number of carboxylic acids is 1. The first-order chi connectivity index (χ1) is 12.0. The van der Waals surface area contributed by atoms with Crippen LogP contribution in [0, 0.1) is 5.82 Å². The van der Waals surface area contributed by atoms with Gasteiger partial charge in [0.15, 0.2) is 0 Å². The molecule has 1 aromatic heterocycles. The van der Waals surface area contributed by atoms with E-state index in [1.807, 2.05) is 4.90 Å². The summed E-state index contributed by atoms with van der Waals surface area (Å²) < 4.78 is 16.4. The number of halogens is 1. The molecule has 7 heteroatoms. The topological polar surface area (TPSA) is 79.6 Å². The number of hydrogen-bond donors (Lipinski definition) is 1. The third kappa shape index (κ3) is 2.69. The molecule has 0 amide bonds. The van der Waals surface area contributed by atoms with Crippen LogP contribution in [0.4, 0.5) is 10.1 Å². The molecule has 1 aliphatic carbocycles. The monoisotopic (exact) mass is 344 g/mol. The summed E-state index contributed by atoms with van der Waals surface area (Å²) in [7, 11) is 0. The number of pyridine rings is 1. The lowest BCUT2D eigenvalue weighted by Crippen LogP contribution is -2.34. The molecule has 0 spiro atoms. The fraction of sp³-hybridized carbons (Fsp3) is 0.389. The van der Waals surface area contributed by atoms with E-state index in [0.717, 1.165) is 18.9 Å². The molecule has 4 rings (SSSR count). The van der Waals surface area contributed by atoms with Gasteiger partial charge in [-0.05, 0) is 25.0 Å². The average molecular weight is 344 g/mol. The number of carbonyl (C=O) groups excluding carboxylic acids is 1. The predicted octanol–water partition coefficient (Wildman–Crippen LogP) is 2.34. The Kier molecular flexibility index (Phi) is 3.59. The van der Waals surface area contributed by atoms with E-state index in [1.165, 1.54) is 6.20 Å². The van der Waals surface area contributed by atoms with E-state index in [1.54, 1.807) is 10.6 Å². The normalized spacial score (nSPS) is 18.0. The van der Waals surface area contributed by atoms with Crippen LogP contribution < -0.4 is 10.3 Å². The van der Waals surface area contributed by atoms with Crippen molar-refractivity contribution in [3.8, 4) is 0 Å². The van der Waals surface area contributed by atoms with Gasteiger partial charge in [-0.2, -0.15) is 0 Å². The minimum absolute atomic E-state index is 0.0844. The molecule has 130 valence electrons. The van der Waals surface area contributed by atoms with Gasteiger partial charge < -0.3 is 14.6 Å². The molecule has 2 aromatic rings. The van der Waals surface area contributed by atoms with Crippen molar-refractivity contribution in [1.29, 1.82) is 0 Å². The lowest BCUT2D eigenvalue weighted by atomic mass is 10.1. The quantitative estimate of drug-likeness (QED) is 0.924. The first kappa shape index (κ1) is 15.8. The second-order valence-electron chi connectivity index (χ2n) is 6.66. The number of carboxylic acid groups (broad SMARTS) is 1. The maximum atomic E-state index is 14.6. The van der Waals surface area contributed by atoms with Crippen LogP contribution in [0.1, 0.15) is 42.1 Å². The van der Waals surface area contributed by atoms with Crippen LogP contribution in [-0.2, 0) is 4.79 Å². The highest BCUT2D eigenvalue weighted by Gasteiger charge is 2.28. The van der Waals surface area contributed by atoms with Crippen LogP contribution in [0.2, 0.25) is 0 Å². The molecule has 0 radical (unpaired) electrons. The zero-order valence-electron chi connectivity index (χ0n) is 13.5. The van der Waals surface area contributed by atoms with E-state index in [2.05, 4.69) is 0 Å². The maximum absolute atomic E-state index is 14.6. The Morgan fingerprint density at radius 2 is 1.84 bits per heavy atom. The molecular formula is C18H17FN2O4. The highest BCUT2D eigenvalue weighted by Crippen LogP contribution is 2.38. The van der Waals surface area contributed by atoms with E-state index >= 15 is 0 Å². The highest BCUT2D eigenvalue weighted by atomic mass is 19.1. The number of fused-ring (bicyclic) bond motifs is 1.